The van der Waals surface area contributed by atoms with Gasteiger partial charge >= 0.3 is 0 Å². The summed E-state index contributed by atoms with van der Waals surface area (Å²) >= 11 is 0. The van der Waals surface area contributed by atoms with Crippen LogP contribution in [-0.2, 0) is 22.4 Å². The van der Waals surface area contributed by atoms with Gasteiger partial charge in [0.2, 0.25) is 5.91 Å². The third-order valence-electron chi connectivity index (χ3n) is 7.82. The lowest BCUT2D eigenvalue weighted by Gasteiger charge is -2.44. The van der Waals surface area contributed by atoms with E-state index in [1.807, 2.05) is 54.4 Å². The number of fused-ring (bicyclic) bond motifs is 2. The number of nitrogens with one attached hydrogen (secondary N) is 1. The Hall–Kier alpha value is -4.04. The number of nitrogens with zero attached hydrogens (tertiary/aromatic N) is 2. The predicted molar refractivity (Wildman–Crippen MR) is 154 cm³/mol. The Labute approximate surface area is 239 Å². The van der Waals surface area contributed by atoms with Crippen LogP contribution in [0.1, 0.15) is 30.0 Å². The van der Waals surface area contributed by atoms with Gasteiger partial charge < -0.3 is 19.9 Å². The second-order valence-electron chi connectivity index (χ2n) is 10.8. The SMILES string of the molecule is CC(=O)N1C[C@H]2CC(c3cccc(CCOc4cc(F)ccc4F)c3)=C(C(=O)N(C)CCc3ccccc3)[C@@H](C1)N2. The van der Waals surface area contributed by atoms with Gasteiger partial charge in [-0.15, -0.1) is 0 Å². The van der Waals surface area contributed by atoms with Crippen molar-refractivity contribution >= 4 is 17.4 Å². The number of halogens is 2. The van der Waals surface area contributed by atoms with Crippen LogP contribution >= 0.6 is 0 Å². The van der Waals surface area contributed by atoms with E-state index in [0.29, 0.717) is 38.0 Å². The highest BCUT2D eigenvalue weighted by molar-refractivity contribution is 6.03. The molecule has 2 aliphatic heterocycles. The van der Waals surface area contributed by atoms with E-state index in [2.05, 4.69) is 17.4 Å². The fraction of sp³-hybridized carbons (Fsp3) is 0.333. The number of benzene rings is 3. The average molecular weight is 560 g/mol. The van der Waals surface area contributed by atoms with Crippen molar-refractivity contribution in [3.05, 3.63) is 107 Å². The standard InChI is InChI=1S/C33H35F2N3O3/c1-22(39)38-20-27-19-28(25-10-6-9-24(17-25)14-16-41-31-18-26(34)11-12-29(31)35)32(30(21-38)36-27)33(40)37(2)15-13-23-7-4-3-5-8-23/h3-12,17-18,27,30,36H,13-16,19-21H2,1-2H3/t27-,30-/m1/s1. The van der Waals surface area contributed by atoms with Crippen LogP contribution < -0.4 is 10.1 Å². The molecule has 1 N–H and O–H groups in total. The van der Waals surface area contributed by atoms with Crippen LogP contribution in [-0.4, -0.2) is 67.0 Å². The number of likely N-dealkylation sites (N-methyl/N-ethyl adjacent to an activating group) is 1. The molecule has 5 rings (SSSR count). The molecule has 2 bridgehead atoms. The highest BCUT2D eigenvalue weighted by Gasteiger charge is 2.39. The molecule has 0 aliphatic carbocycles. The molecule has 2 atom stereocenters. The molecule has 0 saturated carbocycles. The van der Waals surface area contributed by atoms with Gasteiger partial charge in [-0.2, -0.15) is 0 Å². The van der Waals surface area contributed by atoms with E-state index in [1.54, 1.807) is 11.8 Å². The molecular weight excluding hydrogens is 524 g/mol. The van der Waals surface area contributed by atoms with Gasteiger partial charge in [0, 0.05) is 57.7 Å². The smallest absolute Gasteiger partial charge is 0.251 e. The maximum Gasteiger partial charge on any atom is 0.251 e. The van der Waals surface area contributed by atoms with E-state index in [9.17, 15) is 18.4 Å². The molecule has 0 unspecified atom stereocenters. The lowest BCUT2D eigenvalue weighted by atomic mass is 9.82. The first-order valence-electron chi connectivity index (χ1n) is 14.0. The van der Waals surface area contributed by atoms with Gasteiger partial charge in [0.05, 0.1) is 12.6 Å². The Balaban J connectivity index is 1.39. The van der Waals surface area contributed by atoms with Gasteiger partial charge in [0.15, 0.2) is 11.6 Å². The van der Waals surface area contributed by atoms with E-state index < -0.39 is 11.6 Å². The molecule has 8 heteroatoms. The van der Waals surface area contributed by atoms with Crippen molar-refractivity contribution in [3.8, 4) is 5.75 Å². The number of ether oxygens (including phenoxy) is 1. The largest absolute Gasteiger partial charge is 0.490 e. The molecule has 3 aromatic carbocycles. The molecule has 0 spiro atoms. The van der Waals surface area contributed by atoms with Crippen LogP contribution in [0, 0.1) is 11.6 Å². The number of rotatable bonds is 9. The van der Waals surface area contributed by atoms with Crippen LogP contribution in [0.5, 0.6) is 5.75 Å². The van der Waals surface area contributed by atoms with Crippen molar-refractivity contribution < 1.29 is 23.1 Å². The van der Waals surface area contributed by atoms with Gasteiger partial charge in [0.1, 0.15) is 5.82 Å². The summed E-state index contributed by atoms with van der Waals surface area (Å²) in [6, 6.07) is 21.0. The van der Waals surface area contributed by atoms with E-state index in [1.165, 1.54) is 0 Å². The van der Waals surface area contributed by atoms with E-state index >= 15 is 0 Å². The first-order chi connectivity index (χ1) is 19.8. The maximum absolute atomic E-state index is 14.0. The van der Waals surface area contributed by atoms with Crippen molar-refractivity contribution in [2.45, 2.75) is 38.3 Å². The van der Waals surface area contributed by atoms with E-state index in [-0.39, 0.29) is 36.3 Å². The topological polar surface area (TPSA) is 61.9 Å². The zero-order valence-corrected chi connectivity index (χ0v) is 23.4. The van der Waals surface area contributed by atoms with E-state index in [0.717, 1.165) is 46.9 Å². The van der Waals surface area contributed by atoms with Gasteiger partial charge in [-0.25, -0.2) is 8.78 Å². The van der Waals surface area contributed by atoms with Crippen LogP contribution in [0.4, 0.5) is 8.78 Å². The Morgan fingerprint density at radius 2 is 1.76 bits per heavy atom. The minimum absolute atomic E-state index is 0.00547. The van der Waals surface area contributed by atoms with Crippen LogP contribution in [0.2, 0.25) is 0 Å². The molecule has 214 valence electrons. The molecule has 0 radical (unpaired) electrons. The monoisotopic (exact) mass is 559 g/mol. The third-order valence-corrected chi connectivity index (χ3v) is 7.82. The average Bonchev–Trinajstić information content (AvgIpc) is 2.97. The lowest BCUT2D eigenvalue weighted by molar-refractivity contribution is -0.132. The minimum Gasteiger partial charge on any atom is -0.490 e. The van der Waals surface area contributed by atoms with Crippen molar-refractivity contribution in [1.29, 1.82) is 0 Å². The molecule has 1 fully saturated rings. The zero-order chi connectivity index (χ0) is 28.9. The highest BCUT2D eigenvalue weighted by atomic mass is 19.1. The highest BCUT2D eigenvalue weighted by Crippen LogP contribution is 2.34. The minimum atomic E-state index is -0.606. The summed E-state index contributed by atoms with van der Waals surface area (Å²) in [5, 5.41) is 3.59. The van der Waals surface area contributed by atoms with Crippen molar-refractivity contribution in [2.75, 3.05) is 33.3 Å². The molecule has 0 aromatic heterocycles. The Bertz CT molecular complexity index is 1440. The summed E-state index contributed by atoms with van der Waals surface area (Å²) in [6.07, 6.45) is 1.84. The van der Waals surface area contributed by atoms with Gasteiger partial charge in [0.25, 0.3) is 5.91 Å². The molecule has 1 saturated heterocycles. The summed E-state index contributed by atoms with van der Waals surface area (Å²) < 4.78 is 33.0. The summed E-state index contributed by atoms with van der Waals surface area (Å²) in [5.74, 6) is -1.32. The second-order valence-corrected chi connectivity index (χ2v) is 10.8. The number of amides is 2. The quantitative estimate of drug-likeness (QED) is 0.415. The molecule has 2 heterocycles. The summed E-state index contributed by atoms with van der Waals surface area (Å²) in [4.78, 5) is 29.8. The second kappa shape index (κ2) is 12.6. The Morgan fingerprint density at radius 1 is 0.976 bits per heavy atom. The predicted octanol–water partition coefficient (Wildman–Crippen LogP) is 4.63. The fourth-order valence-corrected chi connectivity index (χ4v) is 5.65. The van der Waals surface area contributed by atoms with Gasteiger partial charge in [-0.3, -0.25) is 9.59 Å². The molecule has 6 nitrogen and oxygen atoms in total. The number of piperazine rings is 1. The first kappa shape index (κ1) is 28.5. The normalized spacial score (nSPS) is 18.3. The number of carbonyl (C=O) groups excluding carboxylic acids is 2. The molecule has 41 heavy (non-hydrogen) atoms. The van der Waals surface area contributed by atoms with E-state index in [4.69, 9.17) is 4.74 Å². The molecule has 2 aliphatic rings. The lowest BCUT2D eigenvalue weighted by Crippen LogP contribution is -2.61. The molecule has 2 amide bonds. The van der Waals surface area contributed by atoms with Crippen LogP contribution in [0.3, 0.4) is 0 Å². The van der Waals surface area contributed by atoms with Crippen molar-refractivity contribution in [2.24, 2.45) is 0 Å². The summed E-state index contributed by atoms with van der Waals surface area (Å²) in [6.45, 7) is 3.35. The number of carbonyl (C=O) groups is 2. The summed E-state index contributed by atoms with van der Waals surface area (Å²) in [7, 11) is 1.83. The fourth-order valence-electron chi connectivity index (χ4n) is 5.65. The molecular formula is C33H35F2N3O3. The van der Waals surface area contributed by atoms with Crippen LogP contribution in [0.15, 0.2) is 78.4 Å². The van der Waals surface area contributed by atoms with Crippen LogP contribution in [0.25, 0.3) is 5.57 Å². The van der Waals surface area contributed by atoms with Gasteiger partial charge in [-0.05, 0) is 47.2 Å². The van der Waals surface area contributed by atoms with Crippen molar-refractivity contribution in [3.63, 3.8) is 0 Å². The Kier molecular flexibility index (Phi) is 8.78. The van der Waals surface area contributed by atoms with Gasteiger partial charge in [-0.1, -0.05) is 54.6 Å². The maximum atomic E-state index is 14.0. The number of hydrogen-bond donors (Lipinski definition) is 1. The summed E-state index contributed by atoms with van der Waals surface area (Å²) in [5.41, 5.74) is 4.75. The zero-order valence-electron chi connectivity index (χ0n) is 23.4. The Morgan fingerprint density at radius 3 is 2.54 bits per heavy atom. The molecule has 3 aromatic rings. The number of hydrogen-bond acceptors (Lipinski definition) is 4. The third kappa shape index (κ3) is 6.82. The first-order valence-corrected chi connectivity index (χ1v) is 14.0. The van der Waals surface area contributed by atoms with Crippen molar-refractivity contribution in [1.82, 2.24) is 15.1 Å².